The van der Waals surface area contributed by atoms with Crippen molar-refractivity contribution in [1.82, 2.24) is 10.4 Å². The number of nitrogens with one attached hydrogen (secondary N) is 1. The molecule has 2 aromatic rings. The molecule has 1 fully saturated rings. The maximum Gasteiger partial charge on any atom is 0.285 e. The van der Waals surface area contributed by atoms with E-state index >= 15 is 0 Å². The van der Waals surface area contributed by atoms with Gasteiger partial charge in [0.05, 0.1) is 4.91 Å². The van der Waals surface area contributed by atoms with Crippen LogP contribution in [-0.4, -0.2) is 21.1 Å². The van der Waals surface area contributed by atoms with Gasteiger partial charge in [-0.25, -0.2) is 0 Å². The van der Waals surface area contributed by atoms with Crippen LogP contribution >= 0.6 is 58.2 Å². The monoisotopic (exact) mass is 500 g/mol. The summed E-state index contributed by atoms with van der Waals surface area (Å²) in [5.74, 6) is -0.778. The average molecular weight is 501 g/mol. The van der Waals surface area contributed by atoms with E-state index in [2.05, 4.69) is 28.0 Å². The normalized spacial score (nSPS) is 15.8. The van der Waals surface area contributed by atoms with Gasteiger partial charge in [0.2, 0.25) is 0 Å². The molecule has 2 aromatic carbocycles. The van der Waals surface area contributed by atoms with E-state index in [4.69, 9.17) is 23.8 Å². The van der Waals surface area contributed by atoms with Crippen LogP contribution in [0.4, 0.5) is 0 Å². The minimum Gasteiger partial charge on any atom is -0.267 e. The van der Waals surface area contributed by atoms with Gasteiger partial charge in [0, 0.05) is 14.2 Å². The van der Waals surface area contributed by atoms with E-state index in [0.717, 1.165) is 25.9 Å². The summed E-state index contributed by atoms with van der Waals surface area (Å²) in [6.45, 7) is 0. The van der Waals surface area contributed by atoms with Gasteiger partial charge in [0.1, 0.15) is 0 Å². The molecule has 0 saturated carbocycles. The second kappa shape index (κ2) is 7.86. The molecule has 1 aliphatic rings. The number of thioether (sulfide) groups is 1. The Bertz CT molecular complexity index is 883. The van der Waals surface area contributed by atoms with Gasteiger partial charge in [-0.1, -0.05) is 35.5 Å². The molecular formula is C17H10ClIN2O2S2. The van der Waals surface area contributed by atoms with Gasteiger partial charge < -0.3 is 0 Å². The number of halogens is 2. The third kappa shape index (κ3) is 4.41. The molecule has 25 heavy (non-hydrogen) atoms. The third-order valence-corrected chi connectivity index (χ3v) is 5.55. The first kappa shape index (κ1) is 18.4. The number of amides is 2. The molecule has 0 aliphatic carbocycles. The molecule has 0 atom stereocenters. The van der Waals surface area contributed by atoms with Gasteiger partial charge in [0.25, 0.3) is 11.8 Å². The van der Waals surface area contributed by atoms with Crippen LogP contribution < -0.4 is 5.43 Å². The fourth-order valence-electron chi connectivity index (χ4n) is 2.04. The van der Waals surface area contributed by atoms with Crippen molar-refractivity contribution in [3.8, 4) is 0 Å². The molecule has 1 heterocycles. The van der Waals surface area contributed by atoms with Crippen molar-refractivity contribution < 1.29 is 9.59 Å². The number of carbonyl (C=O) groups excluding carboxylic acids is 2. The average Bonchev–Trinajstić information content (AvgIpc) is 2.85. The van der Waals surface area contributed by atoms with Gasteiger partial charge in [-0.2, -0.15) is 5.01 Å². The summed E-state index contributed by atoms with van der Waals surface area (Å²) >= 11 is 14.4. The Hall–Kier alpha value is -1.42. The smallest absolute Gasteiger partial charge is 0.267 e. The number of carbonyl (C=O) groups is 2. The molecule has 0 unspecified atom stereocenters. The number of benzene rings is 2. The second-order valence-corrected chi connectivity index (χ2v) is 8.37. The molecule has 0 radical (unpaired) electrons. The van der Waals surface area contributed by atoms with Gasteiger partial charge in [-0.3, -0.25) is 15.0 Å². The molecule has 0 aromatic heterocycles. The highest BCUT2D eigenvalue weighted by molar-refractivity contribution is 14.1. The molecule has 8 heteroatoms. The van der Waals surface area contributed by atoms with Crippen LogP contribution in [0.3, 0.4) is 0 Å². The van der Waals surface area contributed by atoms with Crippen molar-refractivity contribution >= 4 is 80.4 Å². The Morgan fingerprint density at radius 1 is 1.16 bits per heavy atom. The quantitative estimate of drug-likeness (QED) is 0.383. The number of hydrogen-bond acceptors (Lipinski definition) is 4. The minimum absolute atomic E-state index is 0.282. The Labute approximate surface area is 172 Å². The number of hydrogen-bond donors (Lipinski definition) is 1. The second-order valence-electron chi connectivity index (χ2n) is 5.02. The lowest BCUT2D eigenvalue weighted by Gasteiger charge is -2.15. The van der Waals surface area contributed by atoms with Crippen molar-refractivity contribution in [3.63, 3.8) is 0 Å². The van der Waals surface area contributed by atoms with Crippen LogP contribution in [0.15, 0.2) is 53.4 Å². The number of thiocarbonyl (C=S) groups is 1. The van der Waals surface area contributed by atoms with E-state index in [1.54, 1.807) is 30.3 Å². The number of hydrazine groups is 1. The zero-order chi connectivity index (χ0) is 18.0. The topological polar surface area (TPSA) is 49.4 Å². The highest BCUT2D eigenvalue weighted by atomic mass is 127. The van der Waals surface area contributed by atoms with E-state index in [1.807, 2.05) is 24.3 Å². The molecular weight excluding hydrogens is 491 g/mol. The lowest BCUT2D eigenvalue weighted by molar-refractivity contribution is -0.123. The first-order chi connectivity index (χ1) is 11.9. The summed E-state index contributed by atoms with van der Waals surface area (Å²) in [5, 5.41) is 1.62. The molecule has 1 aliphatic heterocycles. The van der Waals surface area contributed by atoms with E-state index in [0.29, 0.717) is 15.5 Å². The zero-order valence-corrected chi connectivity index (χ0v) is 17.1. The number of rotatable bonds is 3. The van der Waals surface area contributed by atoms with Crippen LogP contribution in [0.25, 0.3) is 6.08 Å². The fraction of sp³-hybridized carbons (Fsp3) is 0. The molecule has 0 spiro atoms. The predicted octanol–water partition coefficient (Wildman–Crippen LogP) is 4.49. The van der Waals surface area contributed by atoms with E-state index in [1.165, 1.54) is 0 Å². The summed E-state index contributed by atoms with van der Waals surface area (Å²) in [4.78, 5) is 25.2. The van der Waals surface area contributed by atoms with Crippen LogP contribution in [0.5, 0.6) is 0 Å². The SMILES string of the molecule is O=C(NN1C(=O)/C(=C/c2ccc(I)cc2)SC1=S)c1ccc(Cl)cc1. The van der Waals surface area contributed by atoms with Crippen LogP contribution in [0.1, 0.15) is 15.9 Å². The molecule has 2 amide bonds. The third-order valence-electron chi connectivity index (χ3n) is 3.28. The van der Waals surface area contributed by atoms with Crippen LogP contribution in [-0.2, 0) is 4.79 Å². The summed E-state index contributed by atoms with van der Waals surface area (Å²) < 4.78 is 1.39. The van der Waals surface area contributed by atoms with Crippen molar-refractivity contribution in [2.24, 2.45) is 0 Å². The van der Waals surface area contributed by atoms with Crippen molar-refractivity contribution in [2.75, 3.05) is 0 Å². The predicted molar refractivity (Wildman–Crippen MR) is 113 cm³/mol. The lowest BCUT2D eigenvalue weighted by atomic mass is 10.2. The Balaban J connectivity index is 1.76. The zero-order valence-electron chi connectivity index (χ0n) is 12.5. The number of nitrogens with zero attached hydrogens (tertiary/aromatic N) is 1. The van der Waals surface area contributed by atoms with Crippen LogP contribution in [0.2, 0.25) is 5.02 Å². The van der Waals surface area contributed by atoms with Gasteiger partial charge in [-0.05, 0) is 82.8 Å². The van der Waals surface area contributed by atoms with Gasteiger partial charge in [0.15, 0.2) is 4.32 Å². The van der Waals surface area contributed by atoms with Crippen molar-refractivity contribution in [1.29, 1.82) is 0 Å². The fourth-order valence-corrected chi connectivity index (χ4v) is 3.71. The highest BCUT2D eigenvalue weighted by Crippen LogP contribution is 2.31. The molecule has 1 N–H and O–H groups in total. The summed E-state index contributed by atoms with van der Waals surface area (Å²) in [5.41, 5.74) is 3.82. The van der Waals surface area contributed by atoms with Crippen molar-refractivity contribution in [3.05, 3.63) is 73.2 Å². The van der Waals surface area contributed by atoms with E-state index < -0.39 is 5.91 Å². The molecule has 1 saturated heterocycles. The maximum atomic E-state index is 12.5. The van der Waals surface area contributed by atoms with Gasteiger partial charge >= 0.3 is 0 Å². The summed E-state index contributed by atoms with van der Waals surface area (Å²) in [6.07, 6.45) is 1.75. The first-order valence-electron chi connectivity index (χ1n) is 7.04. The molecule has 126 valence electrons. The minimum atomic E-state index is -0.427. The van der Waals surface area contributed by atoms with Crippen molar-refractivity contribution in [2.45, 2.75) is 0 Å². The maximum absolute atomic E-state index is 12.5. The summed E-state index contributed by atoms with van der Waals surface area (Å²) in [7, 11) is 0. The molecule has 3 rings (SSSR count). The lowest BCUT2D eigenvalue weighted by Crippen LogP contribution is -2.44. The Kier molecular flexibility index (Phi) is 5.78. The summed E-state index contributed by atoms with van der Waals surface area (Å²) in [6, 6.07) is 14.1. The Morgan fingerprint density at radius 2 is 1.80 bits per heavy atom. The van der Waals surface area contributed by atoms with Gasteiger partial charge in [-0.15, -0.1) is 0 Å². The molecule has 4 nitrogen and oxygen atoms in total. The van der Waals surface area contributed by atoms with Crippen LogP contribution in [0, 0.1) is 3.57 Å². The largest absolute Gasteiger partial charge is 0.285 e. The van der Waals surface area contributed by atoms with E-state index in [-0.39, 0.29) is 10.2 Å². The molecule has 0 bridgehead atoms. The Morgan fingerprint density at radius 3 is 2.44 bits per heavy atom. The first-order valence-corrected chi connectivity index (χ1v) is 9.72. The van der Waals surface area contributed by atoms with E-state index in [9.17, 15) is 9.59 Å². The standard InChI is InChI=1S/C17H10ClIN2O2S2/c18-12-5-3-11(4-6-12)15(22)20-21-16(23)14(25-17(21)24)9-10-1-7-13(19)8-2-10/h1-9H,(H,20,22)/b14-9-. The highest BCUT2D eigenvalue weighted by Gasteiger charge is 2.33.